The van der Waals surface area contributed by atoms with E-state index in [-0.39, 0.29) is 11.9 Å². The SMILES string of the molecule is CC(NC(=O)Cc1ccc(C(N)=S)cc1)C1CCOC1. The minimum absolute atomic E-state index is 0.0347. The molecule has 0 bridgehead atoms. The van der Waals surface area contributed by atoms with Crippen molar-refractivity contribution in [1.82, 2.24) is 5.32 Å². The number of nitrogens with one attached hydrogen (secondary N) is 1. The van der Waals surface area contributed by atoms with E-state index in [2.05, 4.69) is 5.32 Å². The normalized spacial score (nSPS) is 19.6. The van der Waals surface area contributed by atoms with Gasteiger partial charge in [-0.15, -0.1) is 0 Å². The summed E-state index contributed by atoms with van der Waals surface area (Å²) in [5.41, 5.74) is 7.32. The quantitative estimate of drug-likeness (QED) is 0.805. The van der Waals surface area contributed by atoms with Crippen LogP contribution in [-0.2, 0) is 16.0 Å². The zero-order valence-electron chi connectivity index (χ0n) is 11.6. The van der Waals surface area contributed by atoms with Gasteiger partial charge in [-0.1, -0.05) is 36.5 Å². The smallest absolute Gasteiger partial charge is 0.224 e. The topological polar surface area (TPSA) is 64.4 Å². The summed E-state index contributed by atoms with van der Waals surface area (Å²) in [4.78, 5) is 12.4. The van der Waals surface area contributed by atoms with Crippen molar-refractivity contribution in [2.75, 3.05) is 13.2 Å². The molecule has 2 atom stereocenters. The standard InChI is InChI=1S/C15H20N2O2S/c1-10(13-6-7-19-9-13)17-14(18)8-11-2-4-12(5-3-11)15(16)20/h2-5,10,13H,6-9H2,1H3,(H2,16,20)(H,17,18). The summed E-state index contributed by atoms with van der Waals surface area (Å²) in [6, 6.07) is 7.62. The van der Waals surface area contributed by atoms with Crippen molar-refractivity contribution in [3.63, 3.8) is 0 Å². The Labute approximate surface area is 124 Å². The third-order valence-corrected chi connectivity index (χ3v) is 3.90. The molecule has 1 aromatic rings. The lowest BCUT2D eigenvalue weighted by Gasteiger charge is -2.19. The van der Waals surface area contributed by atoms with Crippen molar-refractivity contribution in [2.24, 2.45) is 11.7 Å². The maximum absolute atomic E-state index is 12.0. The van der Waals surface area contributed by atoms with Crippen molar-refractivity contribution in [3.05, 3.63) is 35.4 Å². The van der Waals surface area contributed by atoms with Crippen LogP contribution in [0.1, 0.15) is 24.5 Å². The molecular weight excluding hydrogens is 272 g/mol. The predicted molar refractivity (Wildman–Crippen MR) is 82.6 cm³/mol. The molecule has 20 heavy (non-hydrogen) atoms. The van der Waals surface area contributed by atoms with Gasteiger partial charge in [0.25, 0.3) is 0 Å². The summed E-state index contributed by atoms with van der Waals surface area (Å²) in [6.07, 6.45) is 1.39. The van der Waals surface area contributed by atoms with Crippen LogP contribution in [0, 0.1) is 5.92 Å². The first-order chi connectivity index (χ1) is 9.56. The van der Waals surface area contributed by atoms with Gasteiger partial charge in [-0.3, -0.25) is 4.79 Å². The Morgan fingerprint density at radius 1 is 1.50 bits per heavy atom. The Hall–Kier alpha value is -1.46. The van der Waals surface area contributed by atoms with Crippen molar-refractivity contribution in [3.8, 4) is 0 Å². The molecule has 2 unspecified atom stereocenters. The fraction of sp³-hybridized carbons (Fsp3) is 0.467. The number of hydrogen-bond donors (Lipinski definition) is 2. The van der Waals surface area contributed by atoms with Crippen LogP contribution >= 0.6 is 12.2 Å². The van der Waals surface area contributed by atoms with Crippen molar-refractivity contribution >= 4 is 23.1 Å². The number of nitrogens with two attached hydrogens (primary N) is 1. The van der Waals surface area contributed by atoms with E-state index in [9.17, 15) is 4.79 Å². The number of benzene rings is 1. The van der Waals surface area contributed by atoms with Crippen molar-refractivity contribution in [2.45, 2.75) is 25.8 Å². The molecule has 1 aliphatic rings. The molecular formula is C15H20N2O2S. The number of rotatable bonds is 5. The summed E-state index contributed by atoms with van der Waals surface area (Å²) in [5.74, 6) is 0.461. The lowest BCUT2D eigenvalue weighted by molar-refractivity contribution is -0.121. The van der Waals surface area contributed by atoms with Crippen LogP contribution in [0.25, 0.3) is 0 Å². The highest BCUT2D eigenvalue weighted by Gasteiger charge is 2.23. The fourth-order valence-corrected chi connectivity index (χ4v) is 2.48. The average molecular weight is 292 g/mol. The first-order valence-corrected chi connectivity index (χ1v) is 7.23. The van der Waals surface area contributed by atoms with Crippen LogP contribution in [0.15, 0.2) is 24.3 Å². The molecule has 1 aromatic carbocycles. The molecule has 0 aromatic heterocycles. The molecule has 0 aliphatic carbocycles. The van der Waals surface area contributed by atoms with Gasteiger partial charge in [-0.05, 0) is 18.9 Å². The van der Waals surface area contributed by atoms with E-state index >= 15 is 0 Å². The highest BCUT2D eigenvalue weighted by Crippen LogP contribution is 2.16. The zero-order chi connectivity index (χ0) is 14.5. The summed E-state index contributed by atoms with van der Waals surface area (Å²) >= 11 is 4.90. The van der Waals surface area contributed by atoms with Gasteiger partial charge in [-0.25, -0.2) is 0 Å². The maximum atomic E-state index is 12.0. The minimum Gasteiger partial charge on any atom is -0.389 e. The Bertz CT molecular complexity index is 481. The first kappa shape index (κ1) is 14.9. The molecule has 2 rings (SSSR count). The minimum atomic E-state index is 0.0347. The van der Waals surface area contributed by atoms with Gasteiger partial charge in [0, 0.05) is 24.1 Å². The second kappa shape index (κ2) is 6.81. The number of carbonyl (C=O) groups excluding carboxylic acids is 1. The summed E-state index contributed by atoms with van der Waals surface area (Å²) in [5, 5.41) is 3.04. The molecule has 108 valence electrons. The van der Waals surface area contributed by atoms with E-state index in [1.54, 1.807) is 0 Å². The van der Waals surface area contributed by atoms with Crippen LogP contribution in [0.4, 0.5) is 0 Å². The molecule has 1 aliphatic heterocycles. The average Bonchev–Trinajstić information content (AvgIpc) is 2.93. The lowest BCUT2D eigenvalue weighted by Crippen LogP contribution is -2.39. The molecule has 1 saturated heterocycles. The van der Waals surface area contributed by atoms with E-state index in [1.165, 1.54) is 0 Å². The van der Waals surface area contributed by atoms with E-state index in [0.717, 1.165) is 30.8 Å². The van der Waals surface area contributed by atoms with Gasteiger partial charge in [0.15, 0.2) is 0 Å². The van der Waals surface area contributed by atoms with Crippen molar-refractivity contribution in [1.29, 1.82) is 0 Å². The van der Waals surface area contributed by atoms with Gasteiger partial charge < -0.3 is 15.8 Å². The van der Waals surface area contributed by atoms with Crippen LogP contribution in [0.3, 0.4) is 0 Å². The molecule has 4 nitrogen and oxygen atoms in total. The number of ether oxygens (including phenoxy) is 1. The van der Waals surface area contributed by atoms with Crippen molar-refractivity contribution < 1.29 is 9.53 Å². The molecule has 1 amide bonds. The van der Waals surface area contributed by atoms with Gasteiger partial charge in [0.05, 0.1) is 13.0 Å². The molecule has 0 saturated carbocycles. The van der Waals surface area contributed by atoms with Crippen LogP contribution in [-0.4, -0.2) is 30.2 Å². The lowest BCUT2D eigenvalue weighted by atomic mass is 10.0. The van der Waals surface area contributed by atoms with E-state index in [0.29, 0.717) is 17.3 Å². The third kappa shape index (κ3) is 4.02. The Morgan fingerprint density at radius 3 is 2.75 bits per heavy atom. The number of hydrogen-bond acceptors (Lipinski definition) is 3. The van der Waals surface area contributed by atoms with Gasteiger partial charge in [0.2, 0.25) is 5.91 Å². The Kier molecular flexibility index (Phi) is 5.09. The first-order valence-electron chi connectivity index (χ1n) is 6.82. The Morgan fingerprint density at radius 2 is 2.20 bits per heavy atom. The number of amides is 1. The molecule has 5 heteroatoms. The Balaban J connectivity index is 1.85. The number of thiocarbonyl (C=S) groups is 1. The molecule has 3 N–H and O–H groups in total. The highest BCUT2D eigenvalue weighted by atomic mass is 32.1. The van der Waals surface area contributed by atoms with E-state index in [4.69, 9.17) is 22.7 Å². The third-order valence-electron chi connectivity index (χ3n) is 3.66. The maximum Gasteiger partial charge on any atom is 0.224 e. The summed E-state index contributed by atoms with van der Waals surface area (Å²) in [6.45, 7) is 3.57. The number of carbonyl (C=O) groups is 1. The molecule has 0 spiro atoms. The summed E-state index contributed by atoms with van der Waals surface area (Å²) in [7, 11) is 0. The van der Waals surface area contributed by atoms with Crippen LogP contribution in [0.5, 0.6) is 0 Å². The van der Waals surface area contributed by atoms with Gasteiger partial charge in [-0.2, -0.15) is 0 Å². The van der Waals surface area contributed by atoms with Crippen LogP contribution in [0.2, 0.25) is 0 Å². The fourth-order valence-electron chi connectivity index (χ4n) is 2.34. The second-order valence-corrected chi connectivity index (χ2v) is 5.66. The predicted octanol–water partition coefficient (Wildman–Crippen LogP) is 1.40. The van der Waals surface area contributed by atoms with Gasteiger partial charge in [0.1, 0.15) is 4.99 Å². The molecule has 0 radical (unpaired) electrons. The monoisotopic (exact) mass is 292 g/mol. The molecule has 1 fully saturated rings. The highest BCUT2D eigenvalue weighted by molar-refractivity contribution is 7.80. The largest absolute Gasteiger partial charge is 0.389 e. The van der Waals surface area contributed by atoms with E-state index in [1.807, 2.05) is 31.2 Å². The van der Waals surface area contributed by atoms with Crippen LogP contribution < -0.4 is 11.1 Å². The molecule has 1 heterocycles. The van der Waals surface area contributed by atoms with Gasteiger partial charge >= 0.3 is 0 Å². The second-order valence-electron chi connectivity index (χ2n) is 5.22. The summed E-state index contributed by atoms with van der Waals surface area (Å²) < 4.78 is 5.34. The van der Waals surface area contributed by atoms with E-state index < -0.39 is 0 Å². The zero-order valence-corrected chi connectivity index (χ0v) is 12.4.